The van der Waals surface area contributed by atoms with Crippen molar-refractivity contribution >= 4 is 22.9 Å². The molecule has 2 heterocycles. The van der Waals surface area contributed by atoms with Crippen molar-refractivity contribution in [2.45, 2.75) is 6.10 Å². The molecule has 0 spiro atoms. The fraction of sp³-hybridized carbons (Fsp3) is 0.143. The number of carbonyl (C=O) groups is 1. The van der Waals surface area contributed by atoms with Gasteiger partial charge < -0.3 is 18.9 Å². The number of hydrogen-bond donors (Lipinski definition) is 1. The molecule has 5 rings (SSSR count). The van der Waals surface area contributed by atoms with Crippen LogP contribution in [0, 0.1) is 0 Å². The topological polar surface area (TPSA) is 78.4 Å². The average Bonchev–Trinajstić information content (AvgIpc) is 3.19. The number of benzene rings is 3. The van der Waals surface area contributed by atoms with Gasteiger partial charge in [-0.1, -0.05) is 24.3 Å². The summed E-state index contributed by atoms with van der Waals surface area (Å²) in [6.07, 6.45) is 0.757. The molecule has 0 aliphatic carbocycles. The first-order chi connectivity index (χ1) is 13.8. The summed E-state index contributed by atoms with van der Waals surface area (Å²) in [5.74, 6) is 2.15. The summed E-state index contributed by atoms with van der Waals surface area (Å²) >= 11 is 0. The van der Waals surface area contributed by atoms with E-state index in [-0.39, 0.29) is 19.3 Å². The fourth-order valence-electron chi connectivity index (χ4n) is 3.12. The Morgan fingerprint density at radius 1 is 0.929 bits per heavy atom. The van der Waals surface area contributed by atoms with Crippen molar-refractivity contribution in [3.63, 3.8) is 0 Å². The summed E-state index contributed by atoms with van der Waals surface area (Å²) < 4.78 is 22.1. The maximum absolute atomic E-state index is 12.4. The maximum atomic E-state index is 12.4. The Kier molecular flexibility index (Phi) is 3.97. The van der Waals surface area contributed by atoms with Crippen LogP contribution in [0.3, 0.4) is 0 Å². The molecule has 0 aromatic heterocycles. The first kappa shape index (κ1) is 16.4. The molecule has 0 unspecified atom stereocenters. The fourth-order valence-corrected chi connectivity index (χ4v) is 3.12. The van der Waals surface area contributed by atoms with Crippen molar-refractivity contribution in [2.75, 3.05) is 13.4 Å². The second kappa shape index (κ2) is 6.77. The molecule has 2 aliphatic rings. The summed E-state index contributed by atoms with van der Waals surface area (Å²) in [6.45, 7) is 0.333. The van der Waals surface area contributed by atoms with Crippen LogP contribution in [0.2, 0.25) is 0 Å². The maximum Gasteiger partial charge on any atom is 0.284 e. The van der Waals surface area contributed by atoms with E-state index in [2.05, 4.69) is 10.5 Å². The van der Waals surface area contributed by atoms with Gasteiger partial charge in [-0.05, 0) is 46.7 Å². The lowest BCUT2D eigenvalue weighted by Gasteiger charge is -2.25. The predicted octanol–water partition coefficient (Wildman–Crippen LogP) is 2.86. The van der Waals surface area contributed by atoms with Crippen LogP contribution in [-0.2, 0) is 4.79 Å². The van der Waals surface area contributed by atoms with Crippen molar-refractivity contribution in [1.29, 1.82) is 0 Å². The van der Waals surface area contributed by atoms with Gasteiger partial charge >= 0.3 is 0 Å². The molecule has 3 aromatic carbocycles. The van der Waals surface area contributed by atoms with Gasteiger partial charge in [-0.3, -0.25) is 4.79 Å². The summed E-state index contributed by atoms with van der Waals surface area (Å²) in [4.78, 5) is 12.4. The van der Waals surface area contributed by atoms with Crippen molar-refractivity contribution in [2.24, 2.45) is 5.10 Å². The highest BCUT2D eigenvalue weighted by atomic mass is 16.7. The molecule has 0 radical (unpaired) electrons. The molecule has 2 aliphatic heterocycles. The van der Waals surface area contributed by atoms with Crippen LogP contribution in [0.15, 0.2) is 59.7 Å². The molecule has 28 heavy (non-hydrogen) atoms. The van der Waals surface area contributed by atoms with Gasteiger partial charge in [0.15, 0.2) is 23.0 Å². The number of rotatable bonds is 3. The monoisotopic (exact) mass is 376 g/mol. The number of nitrogens with zero attached hydrogens (tertiary/aromatic N) is 1. The smallest absolute Gasteiger partial charge is 0.284 e. The highest BCUT2D eigenvalue weighted by Crippen LogP contribution is 2.36. The molecule has 1 amide bonds. The zero-order valence-corrected chi connectivity index (χ0v) is 14.8. The molecule has 1 N–H and O–H groups in total. The number of nitrogens with one attached hydrogen (secondary N) is 1. The molecule has 140 valence electrons. The summed E-state index contributed by atoms with van der Waals surface area (Å²) in [5, 5.41) is 6.07. The number of fused-ring (bicyclic) bond motifs is 3. The van der Waals surface area contributed by atoms with Gasteiger partial charge in [0.1, 0.15) is 6.61 Å². The summed E-state index contributed by atoms with van der Waals surface area (Å²) in [6, 6.07) is 17.1. The van der Waals surface area contributed by atoms with Crippen LogP contribution in [0.4, 0.5) is 0 Å². The standard InChI is InChI=1S/C21H16N2O5/c24-21(23-22-10-13-5-6-16-17(7-13)27-12-26-16)20-11-25-18-8-14-3-1-2-4-15(14)9-19(18)28-20/h1-10,20H,11-12H2,(H,23,24)/t20-/m1/s1. The molecule has 0 saturated heterocycles. The summed E-state index contributed by atoms with van der Waals surface area (Å²) in [7, 11) is 0. The van der Waals surface area contributed by atoms with E-state index in [1.807, 2.05) is 42.5 Å². The van der Waals surface area contributed by atoms with E-state index in [1.54, 1.807) is 12.1 Å². The molecule has 0 fully saturated rings. The highest BCUT2D eigenvalue weighted by molar-refractivity contribution is 5.88. The van der Waals surface area contributed by atoms with E-state index in [9.17, 15) is 4.79 Å². The zero-order chi connectivity index (χ0) is 18.9. The molecular formula is C21H16N2O5. The predicted molar refractivity (Wildman–Crippen MR) is 102 cm³/mol. The zero-order valence-electron chi connectivity index (χ0n) is 14.8. The second-order valence-corrected chi connectivity index (χ2v) is 6.41. The molecule has 0 saturated carbocycles. The third-order valence-corrected chi connectivity index (χ3v) is 4.55. The molecule has 1 atom stereocenters. The molecular weight excluding hydrogens is 360 g/mol. The Morgan fingerprint density at radius 3 is 2.54 bits per heavy atom. The second-order valence-electron chi connectivity index (χ2n) is 6.41. The molecule has 7 heteroatoms. The number of amides is 1. The lowest BCUT2D eigenvalue weighted by atomic mass is 10.1. The highest BCUT2D eigenvalue weighted by Gasteiger charge is 2.27. The van der Waals surface area contributed by atoms with Crippen molar-refractivity contribution in [3.8, 4) is 23.0 Å². The van der Waals surface area contributed by atoms with Gasteiger partial charge in [-0.2, -0.15) is 5.10 Å². The first-order valence-electron chi connectivity index (χ1n) is 8.81. The van der Waals surface area contributed by atoms with E-state index in [0.29, 0.717) is 23.0 Å². The molecule has 0 bridgehead atoms. The van der Waals surface area contributed by atoms with Gasteiger partial charge in [0, 0.05) is 0 Å². The van der Waals surface area contributed by atoms with Gasteiger partial charge in [0.05, 0.1) is 6.21 Å². The number of ether oxygens (including phenoxy) is 4. The largest absolute Gasteiger partial charge is 0.485 e. The van der Waals surface area contributed by atoms with Crippen LogP contribution in [0.1, 0.15) is 5.56 Å². The quantitative estimate of drug-likeness (QED) is 0.562. The average molecular weight is 376 g/mol. The lowest BCUT2D eigenvalue weighted by molar-refractivity contribution is -0.130. The van der Waals surface area contributed by atoms with E-state index in [0.717, 1.165) is 16.3 Å². The minimum Gasteiger partial charge on any atom is -0.485 e. The lowest BCUT2D eigenvalue weighted by Crippen LogP contribution is -2.42. The Labute approximate surface area is 160 Å². The molecule has 3 aromatic rings. The van der Waals surface area contributed by atoms with E-state index in [1.165, 1.54) is 6.21 Å². The van der Waals surface area contributed by atoms with Crippen LogP contribution in [0.5, 0.6) is 23.0 Å². The van der Waals surface area contributed by atoms with Crippen molar-refractivity contribution < 1.29 is 23.7 Å². The number of hydrazone groups is 1. The van der Waals surface area contributed by atoms with Gasteiger partial charge in [0.25, 0.3) is 5.91 Å². The number of hydrogen-bond acceptors (Lipinski definition) is 6. The van der Waals surface area contributed by atoms with Crippen LogP contribution in [-0.4, -0.2) is 31.6 Å². The summed E-state index contributed by atoms with van der Waals surface area (Å²) in [5.41, 5.74) is 3.27. The Morgan fingerprint density at radius 2 is 1.68 bits per heavy atom. The van der Waals surface area contributed by atoms with Crippen LogP contribution in [0.25, 0.3) is 10.8 Å². The SMILES string of the molecule is O=C(NN=Cc1ccc2c(c1)OCO2)[C@H]1COc2cc3ccccc3cc2O1. The van der Waals surface area contributed by atoms with Crippen LogP contribution >= 0.6 is 0 Å². The van der Waals surface area contributed by atoms with Gasteiger partial charge in [-0.25, -0.2) is 5.43 Å². The third-order valence-electron chi connectivity index (χ3n) is 4.55. The Balaban J connectivity index is 1.26. The van der Waals surface area contributed by atoms with Crippen molar-refractivity contribution in [1.82, 2.24) is 5.43 Å². The Hall–Kier alpha value is -3.74. The van der Waals surface area contributed by atoms with Crippen LogP contribution < -0.4 is 24.4 Å². The minimum absolute atomic E-state index is 0.122. The van der Waals surface area contributed by atoms with E-state index >= 15 is 0 Å². The van der Waals surface area contributed by atoms with Crippen molar-refractivity contribution in [3.05, 3.63) is 60.2 Å². The van der Waals surface area contributed by atoms with Gasteiger partial charge in [0.2, 0.25) is 12.9 Å². The minimum atomic E-state index is -0.775. The van der Waals surface area contributed by atoms with Gasteiger partial charge in [-0.15, -0.1) is 0 Å². The first-order valence-corrected chi connectivity index (χ1v) is 8.81. The Bertz CT molecular complexity index is 1100. The third kappa shape index (κ3) is 3.07. The normalized spacial score (nSPS) is 17.1. The van der Waals surface area contributed by atoms with E-state index < -0.39 is 6.10 Å². The van der Waals surface area contributed by atoms with E-state index in [4.69, 9.17) is 18.9 Å². The molecule has 7 nitrogen and oxygen atoms in total. The number of carbonyl (C=O) groups excluding carboxylic acids is 1.